The molecule has 0 radical (unpaired) electrons. The average Bonchev–Trinajstić information content (AvgIpc) is 3.10. The smallest absolute Gasteiger partial charge is 0.0351 e. The fourth-order valence-corrected chi connectivity index (χ4v) is 3.89. The number of fused-ring (bicyclic) bond motifs is 3. The van der Waals surface area contributed by atoms with Gasteiger partial charge in [0.2, 0.25) is 0 Å². The van der Waals surface area contributed by atoms with Gasteiger partial charge >= 0.3 is 0 Å². The van der Waals surface area contributed by atoms with E-state index >= 15 is 0 Å². The molecule has 3 atom stereocenters. The molecule has 0 saturated heterocycles. The lowest BCUT2D eigenvalue weighted by atomic mass is 9.96. The summed E-state index contributed by atoms with van der Waals surface area (Å²) in [6.07, 6.45) is 2.46. The standard InChI is InChI=1S/C20H23N/c1-3-21-20(18-10-13(18)2)16-9-8-15-11-14-6-4-5-7-17(14)19(15)12-16/h4-9,12-13,18,20-21H,3,10-11H2,1-2H3. The first-order valence-electron chi connectivity index (χ1n) is 8.22. The molecule has 3 unspecified atom stereocenters. The third-order valence-electron chi connectivity index (χ3n) is 5.21. The summed E-state index contributed by atoms with van der Waals surface area (Å²) < 4.78 is 0. The minimum absolute atomic E-state index is 0.531. The SMILES string of the molecule is CCNC(c1ccc2c(c1)-c1ccccc1C2)C1CC1C. The van der Waals surface area contributed by atoms with Gasteiger partial charge in [-0.05, 0) is 65.1 Å². The van der Waals surface area contributed by atoms with Crippen LogP contribution in [-0.4, -0.2) is 6.54 Å². The van der Waals surface area contributed by atoms with Gasteiger partial charge in [0.25, 0.3) is 0 Å². The zero-order valence-corrected chi connectivity index (χ0v) is 12.9. The van der Waals surface area contributed by atoms with Crippen LogP contribution in [-0.2, 0) is 6.42 Å². The van der Waals surface area contributed by atoms with Gasteiger partial charge < -0.3 is 5.32 Å². The Morgan fingerprint density at radius 2 is 1.86 bits per heavy atom. The summed E-state index contributed by atoms with van der Waals surface area (Å²) in [5, 5.41) is 3.71. The van der Waals surface area contributed by atoms with E-state index in [1.165, 1.54) is 34.2 Å². The number of benzene rings is 2. The Hall–Kier alpha value is -1.60. The van der Waals surface area contributed by atoms with Gasteiger partial charge in [0.15, 0.2) is 0 Å². The topological polar surface area (TPSA) is 12.0 Å². The zero-order valence-electron chi connectivity index (χ0n) is 12.9. The second-order valence-electron chi connectivity index (χ2n) is 6.66. The summed E-state index contributed by atoms with van der Waals surface area (Å²) in [6, 6.07) is 16.5. The first-order chi connectivity index (χ1) is 10.3. The molecule has 2 aromatic carbocycles. The highest BCUT2D eigenvalue weighted by Gasteiger charge is 2.40. The molecular weight excluding hydrogens is 254 g/mol. The molecule has 1 nitrogen and oxygen atoms in total. The molecule has 2 aliphatic carbocycles. The lowest BCUT2D eigenvalue weighted by Crippen LogP contribution is -2.23. The molecule has 21 heavy (non-hydrogen) atoms. The van der Waals surface area contributed by atoms with Gasteiger partial charge in [0.1, 0.15) is 0 Å². The van der Waals surface area contributed by atoms with E-state index in [0.29, 0.717) is 6.04 Å². The molecule has 2 aromatic rings. The monoisotopic (exact) mass is 277 g/mol. The van der Waals surface area contributed by atoms with Crippen LogP contribution in [0.15, 0.2) is 42.5 Å². The minimum atomic E-state index is 0.531. The van der Waals surface area contributed by atoms with Crippen molar-refractivity contribution in [3.05, 3.63) is 59.2 Å². The van der Waals surface area contributed by atoms with E-state index in [9.17, 15) is 0 Å². The van der Waals surface area contributed by atoms with Crippen molar-refractivity contribution >= 4 is 0 Å². The van der Waals surface area contributed by atoms with Crippen molar-refractivity contribution in [1.29, 1.82) is 0 Å². The van der Waals surface area contributed by atoms with Gasteiger partial charge in [0.05, 0.1) is 0 Å². The van der Waals surface area contributed by atoms with Gasteiger partial charge in [-0.1, -0.05) is 50.2 Å². The summed E-state index contributed by atoms with van der Waals surface area (Å²) in [5.74, 6) is 1.69. The fourth-order valence-electron chi connectivity index (χ4n) is 3.89. The molecule has 0 spiro atoms. The number of hydrogen-bond donors (Lipinski definition) is 1. The Morgan fingerprint density at radius 3 is 2.62 bits per heavy atom. The van der Waals surface area contributed by atoms with Crippen molar-refractivity contribution in [2.24, 2.45) is 11.8 Å². The molecule has 1 fully saturated rings. The van der Waals surface area contributed by atoms with Crippen LogP contribution in [0.25, 0.3) is 11.1 Å². The van der Waals surface area contributed by atoms with Gasteiger partial charge in [-0.3, -0.25) is 0 Å². The fraction of sp³-hybridized carbons (Fsp3) is 0.400. The highest BCUT2D eigenvalue weighted by molar-refractivity contribution is 5.77. The lowest BCUT2D eigenvalue weighted by Gasteiger charge is -2.19. The Labute approximate surface area is 127 Å². The maximum Gasteiger partial charge on any atom is 0.0351 e. The van der Waals surface area contributed by atoms with Gasteiger partial charge in [0, 0.05) is 6.04 Å². The van der Waals surface area contributed by atoms with Crippen LogP contribution in [0.2, 0.25) is 0 Å². The average molecular weight is 277 g/mol. The molecule has 108 valence electrons. The van der Waals surface area contributed by atoms with Crippen LogP contribution < -0.4 is 5.32 Å². The van der Waals surface area contributed by atoms with Crippen molar-refractivity contribution < 1.29 is 0 Å². The molecule has 0 heterocycles. The predicted molar refractivity (Wildman–Crippen MR) is 88.4 cm³/mol. The quantitative estimate of drug-likeness (QED) is 0.737. The molecule has 0 aliphatic heterocycles. The van der Waals surface area contributed by atoms with Crippen molar-refractivity contribution in [1.82, 2.24) is 5.32 Å². The molecule has 4 rings (SSSR count). The van der Waals surface area contributed by atoms with Crippen molar-refractivity contribution in [3.63, 3.8) is 0 Å². The second-order valence-corrected chi connectivity index (χ2v) is 6.66. The number of nitrogens with one attached hydrogen (secondary N) is 1. The molecule has 0 bridgehead atoms. The number of hydrogen-bond acceptors (Lipinski definition) is 1. The summed E-state index contributed by atoms with van der Waals surface area (Å²) >= 11 is 0. The first kappa shape index (κ1) is 13.1. The predicted octanol–water partition coefficient (Wildman–Crippen LogP) is 4.56. The molecule has 1 saturated carbocycles. The van der Waals surface area contributed by atoms with Crippen LogP contribution in [0.3, 0.4) is 0 Å². The highest BCUT2D eigenvalue weighted by Crippen LogP contribution is 2.48. The van der Waals surface area contributed by atoms with E-state index in [0.717, 1.165) is 24.8 Å². The normalized spacial score (nSPS) is 23.5. The number of rotatable bonds is 4. The van der Waals surface area contributed by atoms with E-state index in [2.05, 4.69) is 61.6 Å². The van der Waals surface area contributed by atoms with Crippen molar-refractivity contribution in [2.75, 3.05) is 6.54 Å². The Balaban J connectivity index is 1.73. The van der Waals surface area contributed by atoms with Crippen LogP contribution in [0.1, 0.15) is 43.0 Å². The molecular formula is C20H23N. The van der Waals surface area contributed by atoms with Crippen LogP contribution in [0.5, 0.6) is 0 Å². The Morgan fingerprint density at radius 1 is 1.10 bits per heavy atom. The first-order valence-corrected chi connectivity index (χ1v) is 8.22. The molecule has 0 amide bonds. The van der Waals surface area contributed by atoms with Gasteiger partial charge in [-0.2, -0.15) is 0 Å². The van der Waals surface area contributed by atoms with E-state index in [1.807, 2.05) is 0 Å². The van der Waals surface area contributed by atoms with E-state index in [4.69, 9.17) is 0 Å². The summed E-state index contributed by atoms with van der Waals surface area (Å²) in [4.78, 5) is 0. The molecule has 2 aliphatic rings. The second kappa shape index (κ2) is 4.99. The highest BCUT2D eigenvalue weighted by atomic mass is 14.9. The summed E-state index contributed by atoms with van der Waals surface area (Å²) in [5.41, 5.74) is 7.33. The Bertz CT molecular complexity index is 673. The van der Waals surface area contributed by atoms with E-state index in [-0.39, 0.29) is 0 Å². The maximum atomic E-state index is 3.71. The van der Waals surface area contributed by atoms with Crippen molar-refractivity contribution in [3.8, 4) is 11.1 Å². The Kier molecular flexibility index (Phi) is 3.11. The van der Waals surface area contributed by atoms with Gasteiger partial charge in [-0.25, -0.2) is 0 Å². The van der Waals surface area contributed by atoms with Gasteiger partial charge in [-0.15, -0.1) is 0 Å². The molecule has 1 heteroatoms. The third-order valence-corrected chi connectivity index (χ3v) is 5.21. The maximum absolute atomic E-state index is 3.71. The third kappa shape index (κ3) is 2.20. The zero-order chi connectivity index (χ0) is 14.4. The minimum Gasteiger partial charge on any atom is -0.310 e. The summed E-state index contributed by atoms with van der Waals surface area (Å²) in [6.45, 7) is 5.63. The van der Waals surface area contributed by atoms with Crippen LogP contribution in [0, 0.1) is 11.8 Å². The van der Waals surface area contributed by atoms with E-state index in [1.54, 1.807) is 0 Å². The largest absolute Gasteiger partial charge is 0.310 e. The lowest BCUT2D eigenvalue weighted by molar-refractivity contribution is 0.476. The van der Waals surface area contributed by atoms with Crippen LogP contribution >= 0.6 is 0 Å². The van der Waals surface area contributed by atoms with E-state index < -0.39 is 0 Å². The molecule has 1 N–H and O–H groups in total. The van der Waals surface area contributed by atoms with Crippen molar-refractivity contribution in [2.45, 2.75) is 32.7 Å². The van der Waals surface area contributed by atoms with Crippen LogP contribution in [0.4, 0.5) is 0 Å². The molecule has 0 aromatic heterocycles. The summed E-state index contributed by atoms with van der Waals surface area (Å²) in [7, 11) is 0.